The molecule has 5 nitrogen and oxygen atoms in total. The normalized spacial score (nSPS) is 40.4. The van der Waals surface area contributed by atoms with Crippen LogP contribution >= 0.6 is 0 Å². The summed E-state index contributed by atoms with van der Waals surface area (Å²) in [7, 11) is 1.73. The van der Waals surface area contributed by atoms with Gasteiger partial charge in [0.05, 0.1) is 6.10 Å². The van der Waals surface area contributed by atoms with Crippen LogP contribution in [0.2, 0.25) is 0 Å². The summed E-state index contributed by atoms with van der Waals surface area (Å²) in [5.74, 6) is -0.863. The second kappa shape index (κ2) is 4.31. The second-order valence-electron chi connectivity index (χ2n) is 5.00. The van der Waals surface area contributed by atoms with Crippen molar-refractivity contribution in [2.45, 2.75) is 43.4 Å². The fourth-order valence-corrected chi connectivity index (χ4v) is 2.83. The van der Waals surface area contributed by atoms with E-state index in [-0.39, 0.29) is 0 Å². The molecule has 16 heavy (non-hydrogen) atoms. The number of carboxylic acid groups (broad SMARTS) is 1. The fourth-order valence-electron chi connectivity index (χ4n) is 2.83. The molecular weight excluding hydrogens is 208 g/mol. The van der Waals surface area contributed by atoms with Gasteiger partial charge in [-0.2, -0.15) is 0 Å². The highest BCUT2D eigenvalue weighted by atomic mass is 16.5. The van der Waals surface area contributed by atoms with Gasteiger partial charge in [0.1, 0.15) is 5.54 Å². The molecule has 3 N–H and O–H groups in total. The van der Waals surface area contributed by atoms with Crippen molar-refractivity contribution in [3.05, 3.63) is 0 Å². The number of nitrogens with zero attached hydrogens (tertiary/aromatic N) is 1. The Balaban J connectivity index is 1.92. The first-order valence-electron chi connectivity index (χ1n) is 5.84. The first kappa shape index (κ1) is 11.8. The van der Waals surface area contributed by atoms with Crippen molar-refractivity contribution in [1.82, 2.24) is 4.90 Å². The first-order chi connectivity index (χ1) is 7.55. The SMILES string of the molecule is COC1CCN(C2CCC(N)(C(=O)O)C2)C1. The maximum absolute atomic E-state index is 11.0. The van der Waals surface area contributed by atoms with Gasteiger partial charge in [0.2, 0.25) is 0 Å². The molecule has 1 heterocycles. The predicted octanol–water partition coefficient (Wildman–Crippen LogP) is 0.0417. The summed E-state index contributed by atoms with van der Waals surface area (Å²) in [5, 5.41) is 9.06. The minimum absolute atomic E-state index is 0.303. The van der Waals surface area contributed by atoms with Crippen molar-refractivity contribution in [3.8, 4) is 0 Å². The highest BCUT2D eigenvalue weighted by Gasteiger charge is 2.45. The number of rotatable bonds is 3. The van der Waals surface area contributed by atoms with Crippen LogP contribution in [0.3, 0.4) is 0 Å². The van der Waals surface area contributed by atoms with Crippen LogP contribution in [-0.4, -0.2) is 53.9 Å². The number of carboxylic acids is 1. The lowest BCUT2D eigenvalue weighted by Gasteiger charge is -2.25. The van der Waals surface area contributed by atoms with Crippen molar-refractivity contribution in [2.75, 3.05) is 20.2 Å². The topological polar surface area (TPSA) is 75.8 Å². The smallest absolute Gasteiger partial charge is 0.323 e. The summed E-state index contributed by atoms with van der Waals surface area (Å²) in [6.07, 6.45) is 3.38. The molecule has 92 valence electrons. The zero-order chi connectivity index (χ0) is 11.8. The first-order valence-corrected chi connectivity index (χ1v) is 5.84. The van der Waals surface area contributed by atoms with E-state index >= 15 is 0 Å². The summed E-state index contributed by atoms with van der Waals surface area (Å²) < 4.78 is 5.31. The van der Waals surface area contributed by atoms with Gasteiger partial charge in [0.15, 0.2) is 0 Å². The van der Waals surface area contributed by atoms with E-state index < -0.39 is 11.5 Å². The third kappa shape index (κ3) is 2.07. The van der Waals surface area contributed by atoms with Crippen LogP contribution < -0.4 is 5.73 Å². The third-order valence-electron chi connectivity index (χ3n) is 3.98. The molecule has 1 saturated carbocycles. The number of hydrogen-bond acceptors (Lipinski definition) is 4. The molecule has 0 amide bonds. The summed E-state index contributed by atoms with van der Waals surface area (Å²) in [5.41, 5.74) is 4.87. The monoisotopic (exact) mass is 228 g/mol. The summed E-state index contributed by atoms with van der Waals surface area (Å²) in [4.78, 5) is 13.4. The van der Waals surface area contributed by atoms with Crippen molar-refractivity contribution in [3.63, 3.8) is 0 Å². The van der Waals surface area contributed by atoms with Crippen molar-refractivity contribution >= 4 is 5.97 Å². The van der Waals surface area contributed by atoms with Crippen molar-refractivity contribution in [1.29, 1.82) is 0 Å². The molecule has 1 saturated heterocycles. The van der Waals surface area contributed by atoms with E-state index in [4.69, 9.17) is 15.6 Å². The van der Waals surface area contributed by atoms with Crippen LogP contribution in [-0.2, 0) is 9.53 Å². The molecule has 0 aromatic carbocycles. The van der Waals surface area contributed by atoms with Gasteiger partial charge in [-0.1, -0.05) is 0 Å². The third-order valence-corrected chi connectivity index (χ3v) is 3.98. The molecule has 2 rings (SSSR count). The van der Waals surface area contributed by atoms with E-state index in [9.17, 15) is 4.79 Å². The van der Waals surface area contributed by atoms with E-state index in [1.165, 1.54) is 0 Å². The highest BCUT2D eigenvalue weighted by molar-refractivity contribution is 5.79. The van der Waals surface area contributed by atoms with E-state index in [1.807, 2.05) is 0 Å². The standard InChI is InChI=1S/C11H20N2O3/c1-16-9-3-5-13(7-9)8-2-4-11(12,6-8)10(14)15/h8-9H,2-7,12H2,1H3,(H,14,15). The molecule has 0 bridgehead atoms. The maximum Gasteiger partial charge on any atom is 0.323 e. The Hall–Kier alpha value is -0.650. The molecule has 0 aromatic rings. The molecule has 1 aliphatic carbocycles. The van der Waals surface area contributed by atoms with E-state index in [0.717, 1.165) is 25.9 Å². The van der Waals surface area contributed by atoms with Crippen LogP contribution in [0, 0.1) is 0 Å². The minimum Gasteiger partial charge on any atom is -0.480 e. The van der Waals surface area contributed by atoms with Gasteiger partial charge in [-0.25, -0.2) is 0 Å². The molecule has 2 aliphatic rings. The number of hydrogen-bond donors (Lipinski definition) is 2. The number of ether oxygens (including phenoxy) is 1. The summed E-state index contributed by atoms with van der Waals surface area (Å²) in [6, 6.07) is 0.321. The number of carbonyl (C=O) groups is 1. The second-order valence-corrected chi connectivity index (χ2v) is 5.00. The Kier molecular flexibility index (Phi) is 3.19. The lowest BCUT2D eigenvalue weighted by atomic mass is 9.99. The molecule has 1 aliphatic heterocycles. The van der Waals surface area contributed by atoms with E-state index in [0.29, 0.717) is 25.0 Å². The minimum atomic E-state index is -1.00. The van der Waals surface area contributed by atoms with Crippen LogP contribution in [0.4, 0.5) is 0 Å². The molecule has 5 heteroatoms. The van der Waals surface area contributed by atoms with E-state index in [1.54, 1.807) is 7.11 Å². The molecule has 3 atom stereocenters. The van der Waals surface area contributed by atoms with Crippen LogP contribution in [0.15, 0.2) is 0 Å². The van der Waals surface area contributed by atoms with Gasteiger partial charge in [-0.05, 0) is 25.7 Å². The summed E-state index contributed by atoms with van der Waals surface area (Å²) in [6.45, 7) is 1.91. The maximum atomic E-state index is 11.0. The zero-order valence-electron chi connectivity index (χ0n) is 9.69. The van der Waals surface area contributed by atoms with Crippen molar-refractivity contribution in [2.24, 2.45) is 5.73 Å². The Morgan fingerprint density at radius 2 is 2.31 bits per heavy atom. The van der Waals surface area contributed by atoms with Crippen LogP contribution in [0.1, 0.15) is 25.7 Å². The quantitative estimate of drug-likeness (QED) is 0.713. The number of aliphatic carboxylic acids is 1. The van der Waals surface area contributed by atoms with Gasteiger partial charge in [-0.3, -0.25) is 9.69 Å². The Bertz CT molecular complexity index is 284. The molecule has 0 radical (unpaired) electrons. The average molecular weight is 228 g/mol. The molecule has 2 fully saturated rings. The Morgan fingerprint density at radius 3 is 2.81 bits per heavy atom. The van der Waals surface area contributed by atoms with Crippen molar-refractivity contribution < 1.29 is 14.6 Å². The Labute approximate surface area is 95.5 Å². The van der Waals surface area contributed by atoms with Crippen LogP contribution in [0.5, 0.6) is 0 Å². The molecule has 0 spiro atoms. The lowest BCUT2D eigenvalue weighted by Crippen LogP contribution is -2.47. The number of methoxy groups -OCH3 is 1. The van der Waals surface area contributed by atoms with Gasteiger partial charge >= 0.3 is 5.97 Å². The van der Waals surface area contributed by atoms with Gasteiger partial charge in [-0.15, -0.1) is 0 Å². The lowest BCUT2D eigenvalue weighted by molar-refractivity contribution is -0.143. The largest absolute Gasteiger partial charge is 0.480 e. The zero-order valence-corrected chi connectivity index (χ0v) is 9.69. The van der Waals surface area contributed by atoms with Gasteiger partial charge in [0, 0.05) is 26.2 Å². The highest BCUT2D eigenvalue weighted by Crippen LogP contribution is 2.33. The predicted molar refractivity (Wildman–Crippen MR) is 59.2 cm³/mol. The average Bonchev–Trinajstić information content (AvgIpc) is 2.84. The fraction of sp³-hybridized carbons (Fsp3) is 0.909. The van der Waals surface area contributed by atoms with Gasteiger partial charge in [0.25, 0.3) is 0 Å². The van der Waals surface area contributed by atoms with E-state index in [2.05, 4.69) is 4.90 Å². The molecule has 0 aromatic heterocycles. The van der Waals surface area contributed by atoms with Gasteiger partial charge < -0.3 is 15.6 Å². The molecule has 3 unspecified atom stereocenters. The Morgan fingerprint density at radius 1 is 1.56 bits per heavy atom. The summed E-state index contributed by atoms with van der Waals surface area (Å²) >= 11 is 0. The molecular formula is C11H20N2O3. The number of likely N-dealkylation sites (tertiary alicyclic amines) is 1. The van der Waals surface area contributed by atoms with Crippen LogP contribution in [0.25, 0.3) is 0 Å². The number of nitrogens with two attached hydrogens (primary N) is 1.